The molecule has 1 unspecified atom stereocenters. The Morgan fingerprint density at radius 1 is 1.35 bits per heavy atom. The van der Waals surface area contributed by atoms with Crippen LogP contribution < -0.4 is 0 Å². The highest BCUT2D eigenvalue weighted by atomic mass is 16.6. The summed E-state index contributed by atoms with van der Waals surface area (Å²) in [6.07, 6.45) is 5.89. The molecule has 1 aromatic carbocycles. The molecule has 1 N–H and O–H groups in total. The number of aliphatic hydroxyl groups is 1. The van der Waals surface area contributed by atoms with E-state index in [1.54, 1.807) is 6.08 Å². The molecule has 2 rings (SSSR count). The summed E-state index contributed by atoms with van der Waals surface area (Å²) in [4.78, 5) is 14.5. The summed E-state index contributed by atoms with van der Waals surface area (Å²) >= 11 is 0. The van der Waals surface area contributed by atoms with E-state index in [4.69, 9.17) is 5.11 Å². The second-order valence-corrected chi connectivity index (χ2v) is 5.42. The van der Waals surface area contributed by atoms with E-state index in [-0.39, 0.29) is 19.0 Å². The standard InChI is InChI=1S/C17H21N3O3/c1-3-13(2)15-7-4-14(5-8-15)6-9-16-18-12-17(20(22)23)19(16)10-11-21/h4-9,12-13,21H,3,10-11H2,1-2H3/b9-6+. The number of aliphatic hydroxyl groups excluding tert-OH is 1. The maximum atomic E-state index is 11.0. The average Bonchev–Trinajstić information content (AvgIpc) is 2.96. The molecule has 0 aliphatic heterocycles. The van der Waals surface area contributed by atoms with E-state index in [1.165, 1.54) is 16.3 Å². The van der Waals surface area contributed by atoms with Crippen molar-refractivity contribution in [1.29, 1.82) is 0 Å². The number of imidazole rings is 1. The lowest BCUT2D eigenvalue weighted by Gasteiger charge is -2.08. The number of benzene rings is 1. The van der Waals surface area contributed by atoms with Gasteiger partial charge in [-0.1, -0.05) is 38.1 Å². The summed E-state index contributed by atoms with van der Waals surface area (Å²) in [7, 11) is 0. The Morgan fingerprint density at radius 3 is 2.61 bits per heavy atom. The fraction of sp³-hybridized carbons (Fsp3) is 0.353. The fourth-order valence-corrected chi connectivity index (χ4v) is 2.33. The summed E-state index contributed by atoms with van der Waals surface area (Å²) in [6.45, 7) is 4.31. The minimum absolute atomic E-state index is 0.120. The van der Waals surface area contributed by atoms with Crippen molar-refractivity contribution >= 4 is 18.0 Å². The normalized spacial score (nSPS) is 12.7. The zero-order chi connectivity index (χ0) is 16.8. The maximum Gasteiger partial charge on any atom is 0.343 e. The minimum atomic E-state index is -0.499. The molecule has 0 bridgehead atoms. The van der Waals surface area contributed by atoms with Gasteiger partial charge in [-0.15, -0.1) is 0 Å². The summed E-state index contributed by atoms with van der Waals surface area (Å²) in [6, 6.07) is 8.23. The summed E-state index contributed by atoms with van der Waals surface area (Å²) < 4.78 is 1.39. The molecule has 2 aromatic rings. The quantitative estimate of drug-likeness (QED) is 0.626. The molecule has 1 aromatic heterocycles. The highest BCUT2D eigenvalue weighted by molar-refractivity contribution is 5.67. The van der Waals surface area contributed by atoms with Gasteiger partial charge in [-0.3, -0.25) is 0 Å². The number of nitrogens with zero attached hydrogens (tertiary/aromatic N) is 3. The van der Waals surface area contributed by atoms with Crippen LogP contribution in [-0.2, 0) is 6.54 Å². The molecule has 0 spiro atoms. The van der Waals surface area contributed by atoms with Crippen LogP contribution in [0.25, 0.3) is 12.2 Å². The molecule has 0 aliphatic carbocycles. The molecule has 1 atom stereocenters. The third-order valence-corrected chi connectivity index (χ3v) is 3.92. The molecule has 6 heteroatoms. The van der Waals surface area contributed by atoms with Gasteiger partial charge in [0, 0.05) is 6.08 Å². The van der Waals surface area contributed by atoms with Crippen LogP contribution in [0.3, 0.4) is 0 Å². The molecule has 6 nitrogen and oxygen atoms in total. The van der Waals surface area contributed by atoms with Gasteiger partial charge in [0.25, 0.3) is 0 Å². The first-order chi connectivity index (χ1) is 11.1. The lowest BCUT2D eigenvalue weighted by Crippen LogP contribution is -2.07. The Balaban J connectivity index is 2.21. The van der Waals surface area contributed by atoms with Crippen LogP contribution in [-0.4, -0.2) is 26.2 Å². The third-order valence-electron chi connectivity index (χ3n) is 3.92. The number of hydrogen-bond donors (Lipinski definition) is 1. The van der Waals surface area contributed by atoms with E-state index < -0.39 is 4.92 Å². The molecule has 23 heavy (non-hydrogen) atoms. The van der Waals surface area contributed by atoms with Crippen LogP contribution in [0.4, 0.5) is 5.82 Å². The lowest BCUT2D eigenvalue weighted by molar-refractivity contribution is -0.392. The van der Waals surface area contributed by atoms with Crippen molar-refractivity contribution in [2.24, 2.45) is 0 Å². The number of aromatic nitrogens is 2. The average molecular weight is 315 g/mol. The second kappa shape index (κ2) is 7.69. The van der Waals surface area contributed by atoms with E-state index >= 15 is 0 Å². The zero-order valence-corrected chi connectivity index (χ0v) is 13.3. The Hall–Kier alpha value is -2.47. The van der Waals surface area contributed by atoms with Crippen molar-refractivity contribution in [2.75, 3.05) is 6.61 Å². The molecular formula is C17H21N3O3. The van der Waals surface area contributed by atoms with Crippen molar-refractivity contribution in [3.63, 3.8) is 0 Å². The predicted molar refractivity (Wildman–Crippen MR) is 90.0 cm³/mol. The summed E-state index contributed by atoms with van der Waals surface area (Å²) in [5, 5.41) is 20.0. The molecule has 0 aliphatic rings. The number of nitro groups is 1. The smallest absolute Gasteiger partial charge is 0.343 e. The predicted octanol–water partition coefficient (Wildman–Crippen LogP) is 3.47. The van der Waals surface area contributed by atoms with E-state index in [1.807, 2.05) is 18.2 Å². The van der Waals surface area contributed by atoms with Gasteiger partial charge in [0.05, 0.1) is 6.61 Å². The van der Waals surface area contributed by atoms with Gasteiger partial charge < -0.3 is 15.2 Å². The van der Waals surface area contributed by atoms with E-state index in [0.717, 1.165) is 12.0 Å². The van der Waals surface area contributed by atoms with Crippen LogP contribution in [0, 0.1) is 10.1 Å². The van der Waals surface area contributed by atoms with E-state index in [2.05, 4.69) is 31.0 Å². The first-order valence-corrected chi connectivity index (χ1v) is 7.65. The van der Waals surface area contributed by atoms with Crippen LogP contribution in [0.1, 0.15) is 43.1 Å². The second-order valence-electron chi connectivity index (χ2n) is 5.42. The van der Waals surface area contributed by atoms with Crippen LogP contribution >= 0.6 is 0 Å². The Bertz CT molecular complexity index is 690. The van der Waals surface area contributed by atoms with Gasteiger partial charge in [0.15, 0.2) is 0 Å². The zero-order valence-electron chi connectivity index (χ0n) is 13.3. The van der Waals surface area contributed by atoms with E-state index in [9.17, 15) is 10.1 Å². The SMILES string of the molecule is CCC(C)c1ccc(/C=C/c2ncc([N+](=O)[O-])n2CCO)cc1. The van der Waals surface area contributed by atoms with Crippen LogP contribution in [0.15, 0.2) is 30.5 Å². The van der Waals surface area contributed by atoms with Crippen molar-refractivity contribution in [2.45, 2.75) is 32.7 Å². The highest BCUT2D eigenvalue weighted by Crippen LogP contribution is 2.20. The number of hydrogen-bond acceptors (Lipinski definition) is 4. The molecule has 1 heterocycles. The first kappa shape index (κ1) is 16.9. The molecule has 0 radical (unpaired) electrons. The van der Waals surface area contributed by atoms with Gasteiger partial charge >= 0.3 is 5.82 Å². The van der Waals surface area contributed by atoms with Gasteiger partial charge in [-0.2, -0.15) is 0 Å². The molecule has 0 saturated carbocycles. The van der Waals surface area contributed by atoms with Gasteiger partial charge in [0.1, 0.15) is 12.7 Å². The Labute approximate surface area is 135 Å². The third kappa shape index (κ3) is 4.04. The first-order valence-electron chi connectivity index (χ1n) is 7.65. The summed E-state index contributed by atoms with van der Waals surface area (Å²) in [5.74, 6) is 0.863. The molecule has 0 amide bonds. The fourth-order valence-electron chi connectivity index (χ4n) is 2.33. The van der Waals surface area contributed by atoms with Crippen LogP contribution in [0.5, 0.6) is 0 Å². The molecule has 122 valence electrons. The van der Waals surface area contributed by atoms with Gasteiger partial charge in [-0.25, -0.2) is 9.55 Å². The van der Waals surface area contributed by atoms with Gasteiger partial charge in [0.2, 0.25) is 5.82 Å². The van der Waals surface area contributed by atoms with Gasteiger partial charge in [-0.05, 0) is 34.5 Å². The molecular weight excluding hydrogens is 294 g/mol. The monoisotopic (exact) mass is 315 g/mol. The topological polar surface area (TPSA) is 81.2 Å². The highest BCUT2D eigenvalue weighted by Gasteiger charge is 2.17. The largest absolute Gasteiger partial charge is 0.392 e. The lowest BCUT2D eigenvalue weighted by atomic mass is 9.97. The molecule has 0 saturated heterocycles. The summed E-state index contributed by atoms with van der Waals surface area (Å²) in [5.41, 5.74) is 2.29. The Kier molecular flexibility index (Phi) is 5.65. The molecule has 0 fully saturated rings. The van der Waals surface area contributed by atoms with E-state index in [0.29, 0.717) is 11.7 Å². The maximum absolute atomic E-state index is 11.0. The Morgan fingerprint density at radius 2 is 2.04 bits per heavy atom. The van der Waals surface area contributed by atoms with Crippen LogP contribution in [0.2, 0.25) is 0 Å². The van der Waals surface area contributed by atoms with Crippen molar-refractivity contribution in [1.82, 2.24) is 9.55 Å². The number of rotatable bonds is 7. The van der Waals surface area contributed by atoms with Crippen molar-refractivity contribution < 1.29 is 10.0 Å². The minimum Gasteiger partial charge on any atom is -0.392 e. The van der Waals surface area contributed by atoms with Crippen molar-refractivity contribution in [3.8, 4) is 0 Å². The van der Waals surface area contributed by atoms with Crippen molar-refractivity contribution in [3.05, 3.63) is 57.5 Å².